The molecule has 0 saturated carbocycles. The molecule has 0 aliphatic carbocycles. The van der Waals surface area contributed by atoms with Gasteiger partial charge in [0.25, 0.3) is 0 Å². The molecule has 22 heavy (non-hydrogen) atoms. The van der Waals surface area contributed by atoms with Crippen molar-refractivity contribution >= 4 is 0 Å². The Labute approximate surface area is 133 Å². The van der Waals surface area contributed by atoms with Gasteiger partial charge in [-0.1, -0.05) is 78.4 Å². The standard InChI is InChI=1S/C22H22/c1-16-12-14-19(15-13-16)22(20-10-6-4-8-17(20)2)21-11-7-5-9-18(21)3/h4-15,22H,1-3H3. The molecule has 0 fully saturated rings. The van der Waals surface area contributed by atoms with Crippen molar-refractivity contribution in [2.45, 2.75) is 26.7 Å². The van der Waals surface area contributed by atoms with Crippen LogP contribution >= 0.6 is 0 Å². The van der Waals surface area contributed by atoms with Crippen molar-refractivity contribution in [2.24, 2.45) is 0 Å². The second kappa shape index (κ2) is 6.19. The normalized spacial score (nSPS) is 10.9. The van der Waals surface area contributed by atoms with Gasteiger partial charge in [-0.05, 0) is 48.6 Å². The Kier molecular flexibility index (Phi) is 4.11. The molecule has 0 atom stereocenters. The van der Waals surface area contributed by atoms with E-state index < -0.39 is 0 Å². The zero-order chi connectivity index (χ0) is 15.5. The van der Waals surface area contributed by atoms with Crippen molar-refractivity contribution in [3.8, 4) is 0 Å². The molecule has 3 rings (SSSR count). The summed E-state index contributed by atoms with van der Waals surface area (Å²) in [4.78, 5) is 0. The van der Waals surface area contributed by atoms with Gasteiger partial charge >= 0.3 is 0 Å². The molecule has 3 aromatic carbocycles. The van der Waals surface area contributed by atoms with Gasteiger partial charge < -0.3 is 0 Å². The SMILES string of the molecule is Cc1ccc(C(c2ccccc2C)c2ccccc2C)cc1. The number of hydrogen-bond donors (Lipinski definition) is 0. The molecule has 0 amide bonds. The van der Waals surface area contributed by atoms with Crippen molar-refractivity contribution < 1.29 is 0 Å². The van der Waals surface area contributed by atoms with Crippen molar-refractivity contribution in [3.63, 3.8) is 0 Å². The van der Waals surface area contributed by atoms with Crippen molar-refractivity contribution in [1.29, 1.82) is 0 Å². The summed E-state index contributed by atoms with van der Waals surface area (Å²) < 4.78 is 0. The Morgan fingerprint density at radius 3 is 1.45 bits per heavy atom. The third-order valence-corrected chi connectivity index (χ3v) is 4.41. The molecule has 0 heteroatoms. The minimum absolute atomic E-state index is 0.294. The molecule has 3 aromatic rings. The van der Waals surface area contributed by atoms with Crippen molar-refractivity contribution in [3.05, 3.63) is 106 Å². The Morgan fingerprint density at radius 2 is 1.00 bits per heavy atom. The summed E-state index contributed by atoms with van der Waals surface area (Å²) in [6.07, 6.45) is 0. The molecule has 0 aliphatic rings. The second-order valence-corrected chi connectivity index (χ2v) is 6.06. The summed E-state index contributed by atoms with van der Waals surface area (Å²) in [6, 6.07) is 26.4. The van der Waals surface area contributed by atoms with Crippen LogP contribution in [0.5, 0.6) is 0 Å². The van der Waals surface area contributed by atoms with Crippen molar-refractivity contribution in [2.75, 3.05) is 0 Å². The highest BCUT2D eigenvalue weighted by Gasteiger charge is 2.19. The molecule has 0 radical (unpaired) electrons. The number of rotatable bonds is 3. The minimum Gasteiger partial charge on any atom is -0.0620 e. The van der Waals surface area contributed by atoms with Gasteiger partial charge in [0, 0.05) is 5.92 Å². The summed E-state index contributed by atoms with van der Waals surface area (Å²) in [5.74, 6) is 0.294. The molecule has 0 unspecified atom stereocenters. The summed E-state index contributed by atoms with van der Waals surface area (Å²) in [7, 11) is 0. The zero-order valence-corrected chi connectivity index (χ0v) is 13.5. The second-order valence-electron chi connectivity index (χ2n) is 6.06. The first-order valence-corrected chi connectivity index (χ1v) is 7.84. The van der Waals surface area contributed by atoms with Gasteiger partial charge in [-0.15, -0.1) is 0 Å². The summed E-state index contributed by atoms with van der Waals surface area (Å²) in [5.41, 5.74) is 8.13. The predicted octanol–water partition coefficient (Wildman–Crippen LogP) is 5.79. The number of aryl methyl sites for hydroxylation is 3. The Balaban J connectivity index is 2.21. The third-order valence-electron chi connectivity index (χ3n) is 4.41. The van der Waals surface area contributed by atoms with Gasteiger partial charge in [0.2, 0.25) is 0 Å². The lowest BCUT2D eigenvalue weighted by Gasteiger charge is -2.22. The Hall–Kier alpha value is -2.34. The Morgan fingerprint density at radius 1 is 0.545 bits per heavy atom. The van der Waals surface area contributed by atoms with Gasteiger partial charge in [-0.2, -0.15) is 0 Å². The van der Waals surface area contributed by atoms with Crippen LogP contribution in [0.2, 0.25) is 0 Å². The Bertz CT molecular complexity index is 721. The molecule has 0 saturated heterocycles. The van der Waals surface area contributed by atoms with Gasteiger partial charge in [-0.3, -0.25) is 0 Å². The molecule has 0 N–H and O–H groups in total. The summed E-state index contributed by atoms with van der Waals surface area (Å²) in [5, 5.41) is 0. The van der Waals surface area contributed by atoms with E-state index in [4.69, 9.17) is 0 Å². The van der Waals surface area contributed by atoms with Gasteiger partial charge in [-0.25, -0.2) is 0 Å². The number of hydrogen-bond acceptors (Lipinski definition) is 0. The highest BCUT2D eigenvalue weighted by molar-refractivity contribution is 5.48. The topological polar surface area (TPSA) is 0 Å². The maximum absolute atomic E-state index is 2.26. The van der Waals surface area contributed by atoms with Gasteiger partial charge in [0.05, 0.1) is 0 Å². The van der Waals surface area contributed by atoms with E-state index in [1.807, 2.05) is 0 Å². The van der Waals surface area contributed by atoms with Crippen LogP contribution in [0, 0.1) is 20.8 Å². The molecule has 0 bridgehead atoms. The van der Waals surface area contributed by atoms with E-state index in [2.05, 4.69) is 93.6 Å². The van der Waals surface area contributed by atoms with Crippen LogP contribution in [0.3, 0.4) is 0 Å². The lowest BCUT2D eigenvalue weighted by Crippen LogP contribution is -2.07. The largest absolute Gasteiger partial charge is 0.0620 e. The van der Waals surface area contributed by atoms with Crippen LogP contribution in [0.4, 0.5) is 0 Å². The molecule has 0 heterocycles. The van der Waals surface area contributed by atoms with E-state index in [0.29, 0.717) is 5.92 Å². The van der Waals surface area contributed by atoms with E-state index in [-0.39, 0.29) is 0 Å². The average molecular weight is 286 g/mol. The van der Waals surface area contributed by atoms with E-state index in [1.165, 1.54) is 33.4 Å². The average Bonchev–Trinajstić information content (AvgIpc) is 2.53. The lowest BCUT2D eigenvalue weighted by atomic mass is 9.81. The summed E-state index contributed by atoms with van der Waals surface area (Å²) >= 11 is 0. The van der Waals surface area contributed by atoms with E-state index >= 15 is 0 Å². The molecular formula is C22H22. The third kappa shape index (κ3) is 2.82. The molecule has 0 aliphatic heterocycles. The molecule has 0 nitrogen and oxygen atoms in total. The first kappa shape index (κ1) is 14.6. The smallest absolute Gasteiger partial charge is 0.0345 e. The quantitative estimate of drug-likeness (QED) is 0.534. The fourth-order valence-corrected chi connectivity index (χ4v) is 3.11. The molecule has 110 valence electrons. The number of benzene rings is 3. The maximum Gasteiger partial charge on any atom is 0.0345 e. The van der Waals surface area contributed by atoms with Crippen LogP contribution in [-0.2, 0) is 0 Å². The first-order valence-electron chi connectivity index (χ1n) is 7.84. The van der Waals surface area contributed by atoms with Crippen LogP contribution in [0.25, 0.3) is 0 Å². The van der Waals surface area contributed by atoms with Gasteiger partial charge in [0.1, 0.15) is 0 Å². The van der Waals surface area contributed by atoms with Crippen LogP contribution in [0.1, 0.15) is 39.3 Å². The van der Waals surface area contributed by atoms with Crippen LogP contribution < -0.4 is 0 Å². The van der Waals surface area contributed by atoms with E-state index in [0.717, 1.165) is 0 Å². The van der Waals surface area contributed by atoms with Crippen LogP contribution in [0.15, 0.2) is 72.8 Å². The fraction of sp³-hybridized carbons (Fsp3) is 0.182. The van der Waals surface area contributed by atoms with E-state index in [1.54, 1.807) is 0 Å². The van der Waals surface area contributed by atoms with Crippen molar-refractivity contribution in [1.82, 2.24) is 0 Å². The molecule has 0 spiro atoms. The highest BCUT2D eigenvalue weighted by atomic mass is 14.2. The lowest BCUT2D eigenvalue weighted by molar-refractivity contribution is 0.948. The van der Waals surface area contributed by atoms with Gasteiger partial charge in [0.15, 0.2) is 0 Å². The maximum atomic E-state index is 2.26. The zero-order valence-electron chi connectivity index (χ0n) is 13.5. The minimum atomic E-state index is 0.294. The fourth-order valence-electron chi connectivity index (χ4n) is 3.11. The highest BCUT2D eigenvalue weighted by Crippen LogP contribution is 2.35. The van der Waals surface area contributed by atoms with Crippen LogP contribution in [-0.4, -0.2) is 0 Å². The molecule has 0 aromatic heterocycles. The predicted molar refractivity (Wildman–Crippen MR) is 94.5 cm³/mol. The molecular weight excluding hydrogens is 264 g/mol. The van der Waals surface area contributed by atoms with E-state index in [9.17, 15) is 0 Å². The first-order chi connectivity index (χ1) is 10.7. The summed E-state index contributed by atoms with van der Waals surface area (Å²) in [6.45, 7) is 6.55. The monoisotopic (exact) mass is 286 g/mol.